The Kier molecular flexibility index (Phi) is 22.9. The molecule has 0 spiro atoms. The molecule has 16 unspecified atom stereocenters. The van der Waals surface area contributed by atoms with Crippen molar-refractivity contribution in [3.8, 4) is 0 Å². The van der Waals surface area contributed by atoms with Gasteiger partial charge in [0, 0.05) is 25.0 Å². The van der Waals surface area contributed by atoms with Crippen LogP contribution in [0.25, 0.3) is 0 Å². The summed E-state index contributed by atoms with van der Waals surface area (Å²) in [5, 5.41) is 66.2. The van der Waals surface area contributed by atoms with E-state index in [1.165, 1.54) is 116 Å². The Balaban J connectivity index is 0.000000124. The van der Waals surface area contributed by atoms with Crippen LogP contribution < -0.4 is 0 Å². The molecule has 15 fully saturated rings. The Morgan fingerprint density at radius 1 is 0.221 bits per heavy atom. The highest BCUT2D eigenvalue weighted by molar-refractivity contribution is 8.00. The molecule has 10 aliphatic heterocycles. The SMILES string of the molecule is OC1[C@H]2OC(C3CCCCCCCCCCC3)O[C@H]2C(O)[C@@H]2OC(C3CCCCCCCCCCC3)O[C@@H]12.OC1[C@H]2OC(C3CCCO3)O[C@H]2C(O)[C@@H]2OC(C3CCCO3)O[C@@H]12.OC1[C@H]2OC(C3CCCS3)O[C@H]2C(O)[C@@H]2OC(C3CCCS3)O[C@@H]12. The minimum absolute atomic E-state index is 0.142. The number of hydrogen-bond acceptors (Lipinski definition) is 22. The summed E-state index contributed by atoms with van der Waals surface area (Å²) in [6, 6.07) is 0. The maximum Gasteiger partial charge on any atom is 0.184 e. The third-order valence-corrected chi connectivity index (χ3v) is 24.4. The van der Waals surface area contributed by atoms with Crippen molar-refractivity contribution in [2.75, 3.05) is 24.7 Å². The van der Waals surface area contributed by atoms with E-state index < -0.39 is 122 Å². The second kappa shape index (κ2) is 30.5. The number of hydrogen-bond donors (Lipinski definition) is 6. The number of thioether (sulfide) groups is 2. The highest BCUT2D eigenvalue weighted by Crippen LogP contribution is 2.48. The molecule has 0 radical (unpaired) electrons. The summed E-state index contributed by atoms with van der Waals surface area (Å²) >= 11 is 3.70. The van der Waals surface area contributed by atoms with Crippen LogP contribution in [0.4, 0.5) is 0 Å². The minimum atomic E-state index is -0.916. The van der Waals surface area contributed by atoms with Crippen LogP contribution in [-0.4, -0.2) is 226 Å². The number of aliphatic hydroxyl groups excluding tert-OH is 6. The summed E-state index contributed by atoms with van der Waals surface area (Å²) in [6.07, 6.45) is 21.0. The van der Waals surface area contributed by atoms with Gasteiger partial charge < -0.3 is 97.0 Å². The molecule has 10 heterocycles. The molecule has 28 atom stereocenters. The summed E-state index contributed by atoms with van der Waals surface area (Å²) in [6.45, 7) is 1.38. The number of fused-ring (bicyclic) bond motifs is 6. The van der Waals surface area contributed by atoms with Crippen LogP contribution in [0.5, 0.6) is 0 Å². The summed E-state index contributed by atoms with van der Waals surface area (Å²) < 4.78 is 84.4. The van der Waals surface area contributed by atoms with E-state index in [1.807, 2.05) is 23.5 Å². The van der Waals surface area contributed by atoms with Crippen molar-refractivity contribution in [3.63, 3.8) is 0 Å². The first-order valence-corrected chi connectivity index (χ1v) is 36.7. The van der Waals surface area contributed by atoms with Gasteiger partial charge in [0.05, 0.1) is 10.5 Å². The zero-order chi connectivity index (χ0) is 58.7. The molecule has 20 nitrogen and oxygen atoms in total. The van der Waals surface area contributed by atoms with Crippen molar-refractivity contribution in [3.05, 3.63) is 0 Å². The van der Waals surface area contributed by atoms with Crippen molar-refractivity contribution in [2.45, 2.75) is 363 Å². The first-order chi connectivity index (χ1) is 42.2. The van der Waals surface area contributed by atoms with Crippen LogP contribution >= 0.6 is 23.5 Å². The first kappa shape index (κ1) is 64.6. The highest BCUT2D eigenvalue weighted by Gasteiger charge is 2.65. The predicted octanol–water partition coefficient (Wildman–Crippen LogP) is 6.82. The molecule has 10 saturated heterocycles. The summed E-state index contributed by atoms with van der Waals surface area (Å²) in [5.41, 5.74) is 0. The van der Waals surface area contributed by atoms with Gasteiger partial charge in [-0.15, -0.1) is 0 Å². The minimum Gasteiger partial charge on any atom is -0.387 e. The van der Waals surface area contributed by atoms with Crippen molar-refractivity contribution < 1.29 is 97.0 Å². The molecule has 86 heavy (non-hydrogen) atoms. The lowest BCUT2D eigenvalue weighted by atomic mass is 9.85. The fourth-order valence-electron chi connectivity index (χ4n) is 16.7. The molecule has 0 aromatic carbocycles. The Bertz CT molecular complexity index is 1730. The third-order valence-electron chi connectivity index (χ3n) is 21.6. The molecule has 0 aromatic heterocycles. The Morgan fingerprint density at radius 3 is 0.674 bits per heavy atom. The van der Waals surface area contributed by atoms with Gasteiger partial charge in [-0.2, -0.15) is 23.5 Å². The number of aliphatic hydroxyl groups is 6. The van der Waals surface area contributed by atoms with E-state index >= 15 is 0 Å². The van der Waals surface area contributed by atoms with Crippen LogP contribution in [0, 0.1) is 11.8 Å². The van der Waals surface area contributed by atoms with Crippen LogP contribution in [0.3, 0.4) is 0 Å². The van der Waals surface area contributed by atoms with E-state index in [9.17, 15) is 30.6 Å². The summed E-state index contributed by atoms with van der Waals surface area (Å²) in [4.78, 5) is 0. The molecule has 0 amide bonds. The van der Waals surface area contributed by atoms with Gasteiger partial charge in [-0.25, -0.2) is 0 Å². The molecule has 492 valence electrons. The van der Waals surface area contributed by atoms with Gasteiger partial charge in [0.15, 0.2) is 37.7 Å². The maximum atomic E-state index is 11.4. The normalized spacial score (nSPS) is 50.6. The molecule has 15 aliphatic rings. The van der Waals surface area contributed by atoms with E-state index in [0.717, 1.165) is 88.6 Å². The molecular formula is C64H104O20S2. The lowest BCUT2D eigenvalue weighted by molar-refractivity contribution is -0.171. The van der Waals surface area contributed by atoms with Gasteiger partial charge in [-0.3, -0.25) is 0 Å². The summed E-state index contributed by atoms with van der Waals surface area (Å²) in [7, 11) is 0. The Hall–Kier alpha value is -0.100. The van der Waals surface area contributed by atoms with Gasteiger partial charge in [0.25, 0.3) is 0 Å². The Labute approximate surface area is 517 Å². The zero-order valence-electron chi connectivity index (χ0n) is 50.6. The predicted molar refractivity (Wildman–Crippen MR) is 315 cm³/mol. The molecule has 5 saturated carbocycles. The van der Waals surface area contributed by atoms with Gasteiger partial charge >= 0.3 is 0 Å². The molecule has 5 aliphatic carbocycles. The van der Waals surface area contributed by atoms with Gasteiger partial charge in [-0.1, -0.05) is 116 Å². The summed E-state index contributed by atoms with van der Waals surface area (Å²) in [5.74, 6) is 2.88. The van der Waals surface area contributed by atoms with Crippen molar-refractivity contribution >= 4 is 23.5 Å². The number of rotatable bonds is 6. The average molecular weight is 1260 g/mol. The van der Waals surface area contributed by atoms with Crippen molar-refractivity contribution in [1.29, 1.82) is 0 Å². The van der Waals surface area contributed by atoms with Gasteiger partial charge in [-0.05, 0) is 88.6 Å². The molecular weight excluding hydrogens is 1150 g/mol. The maximum absolute atomic E-state index is 11.4. The Morgan fingerprint density at radius 2 is 0.453 bits per heavy atom. The molecule has 6 N–H and O–H groups in total. The smallest absolute Gasteiger partial charge is 0.184 e. The van der Waals surface area contributed by atoms with E-state index in [4.69, 9.17) is 66.3 Å². The molecule has 15 rings (SSSR count). The second-order valence-electron chi connectivity index (χ2n) is 27.6. The van der Waals surface area contributed by atoms with Gasteiger partial charge in [0.1, 0.15) is 122 Å². The lowest BCUT2D eigenvalue weighted by Gasteiger charge is -2.38. The van der Waals surface area contributed by atoms with Crippen LogP contribution in [0.15, 0.2) is 0 Å². The highest BCUT2D eigenvalue weighted by atomic mass is 32.2. The standard InChI is InChI=1S/C32H56O6.C16H24O8.C16H24O6S2/c33-25-27-28(36-31(35-27)23-19-15-11-7-3-1-4-8-12-16-20-23)26(34)30-29(25)37-32(38-30)24-21-17-13-9-5-2-6-10-14-18-22-24;17-9-11-12(22-15(21-11)7-3-1-5-19-7)10(18)14-13(9)23-16(24-14)8-4-2-6-20-8;17-9-11-12(20-15(19-11)7-3-1-5-23-7)10(18)14-13(9)21-16(22-14)8-4-2-6-24-8/h23-34H,1-22H2;2*7-18H,1-6H2/t25?,26?,27-,28-,29-,30+,31?,32?;2*7?,8?,9?,10?,11-,12-,13-,14+,15?,16?/m000/s1. The quantitative estimate of drug-likeness (QED) is 0.160. The van der Waals surface area contributed by atoms with Gasteiger partial charge in [0.2, 0.25) is 0 Å². The van der Waals surface area contributed by atoms with E-state index in [1.54, 1.807) is 0 Å². The first-order valence-electron chi connectivity index (χ1n) is 34.6. The molecule has 0 bridgehead atoms. The monoisotopic (exact) mass is 1260 g/mol. The zero-order valence-corrected chi connectivity index (χ0v) is 52.2. The second-order valence-corrected chi connectivity index (χ2v) is 30.3. The fourth-order valence-corrected chi connectivity index (χ4v) is 19.3. The van der Waals surface area contributed by atoms with Crippen molar-refractivity contribution in [2.24, 2.45) is 11.8 Å². The lowest BCUT2D eigenvalue weighted by Crippen LogP contribution is -2.61. The van der Waals surface area contributed by atoms with Crippen LogP contribution in [0.1, 0.15) is 193 Å². The van der Waals surface area contributed by atoms with E-state index in [-0.39, 0.29) is 37.4 Å². The molecule has 22 heteroatoms. The average Bonchev–Trinajstić information content (AvgIpc) is 1.85. The largest absolute Gasteiger partial charge is 0.387 e. The topological polar surface area (TPSA) is 251 Å². The van der Waals surface area contributed by atoms with E-state index in [0.29, 0.717) is 35.5 Å². The van der Waals surface area contributed by atoms with Crippen LogP contribution in [0.2, 0.25) is 0 Å². The third kappa shape index (κ3) is 14.4. The van der Waals surface area contributed by atoms with Crippen LogP contribution in [-0.2, 0) is 66.3 Å². The molecule has 0 aromatic rings. The fraction of sp³-hybridized carbons (Fsp3) is 1.00. The van der Waals surface area contributed by atoms with E-state index in [2.05, 4.69) is 0 Å². The van der Waals surface area contributed by atoms with Crippen molar-refractivity contribution in [1.82, 2.24) is 0 Å². The number of ether oxygens (including phenoxy) is 14.